The fourth-order valence-corrected chi connectivity index (χ4v) is 5.07. The number of hydrogen-bond acceptors (Lipinski definition) is 9. The molecule has 3 aromatic heterocycles. The lowest BCUT2D eigenvalue weighted by atomic mass is 10.1. The molecule has 0 saturated heterocycles. The van der Waals surface area contributed by atoms with E-state index in [-0.39, 0.29) is 12.3 Å². The van der Waals surface area contributed by atoms with Gasteiger partial charge in [-0.05, 0) is 24.0 Å². The molecule has 2 N–H and O–H groups in total. The first-order valence-corrected chi connectivity index (χ1v) is 11.3. The zero-order valence-electron chi connectivity index (χ0n) is 17.1. The topological polar surface area (TPSA) is 126 Å². The van der Waals surface area contributed by atoms with Crippen LogP contribution in [-0.4, -0.2) is 54.0 Å². The Morgan fingerprint density at radius 2 is 2.00 bits per heavy atom. The van der Waals surface area contributed by atoms with Crippen LogP contribution in [0.4, 0.5) is 5.13 Å². The van der Waals surface area contributed by atoms with Crippen LogP contribution in [0.1, 0.15) is 28.4 Å². The van der Waals surface area contributed by atoms with Crippen molar-refractivity contribution in [2.45, 2.75) is 38.3 Å². The van der Waals surface area contributed by atoms with Crippen molar-refractivity contribution in [3.8, 4) is 10.8 Å². The summed E-state index contributed by atoms with van der Waals surface area (Å²) >= 11 is 1.47. The fraction of sp³-hybridized carbons (Fsp3) is 0.333. The Balaban J connectivity index is 1.08. The summed E-state index contributed by atoms with van der Waals surface area (Å²) in [7, 11) is 0. The average Bonchev–Trinajstić information content (AvgIpc) is 3.59. The molecule has 1 aliphatic carbocycles. The number of aromatic amines is 1. The molecule has 6 rings (SSSR count). The van der Waals surface area contributed by atoms with Gasteiger partial charge in [-0.2, -0.15) is 15.4 Å². The summed E-state index contributed by atoms with van der Waals surface area (Å²) in [5.41, 5.74) is 4.51. The standard InChI is InChI=1S/C21H20N8O2S/c30-19(29-6-5-15-16(11-29)25-28-24-15)9-18-26-27-20(31-18)17-10-22-21(32-17)23-14-7-12-3-1-2-4-13(12)8-14/h1-4,10,14H,5-9,11H2,(H,22,23)(H,24,25,28). The van der Waals surface area contributed by atoms with Crippen molar-refractivity contribution >= 4 is 22.4 Å². The maximum atomic E-state index is 12.7. The lowest BCUT2D eigenvalue weighted by Crippen LogP contribution is -2.37. The molecule has 0 bridgehead atoms. The van der Waals surface area contributed by atoms with Crippen LogP contribution in [-0.2, 0) is 37.0 Å². The normalized spacial score (nSPS) is 15.6. The molecule has 1 aromatic carbocycles. The number of amides is 1. The van der Waals surface area contributed by atoms with Crippen molar-refractivity contribution in [1.29, 1.82) is 0 Å². The number of nitrogens with zero attached hydrogens (tertiary/aromatic N) is 6. The molecular formula is C21H20N8O2S. The minimum absolute atomic E-state index is 0.0599. The molecule has 11 heteroatoms. The molecule has 1 aliphatic heterocycles. The van der Waals surface area contributed by atoms with E-state index in [2.05, 4.69) is 60.2 Å². The number of thiazole rings is 1. The van der Waals surface area contributed by atoms with Gasteiger partial charge in [-0.15, -0.1) is 10.2 Å². The molecule has 4 aromatic rings. The summed E-state index contributed by atoms with van der Waals surface area (Å²) in [6, 6.07) is 8.85. The van der Waals surface area contributed by atoms with Gasteiger partial charge in [0, 0.05) is 19.0 Å². The van der Waals surface area contributed by atoms with Gasteiger partial charge in [0.15, 0.2) is 5.13 Å². The molecule has 0 radical (unpaired) electrons. The number of hydrogen-bond donors (Lipinski definition) is 2. The molecule has 4 heterocycles. The van der Waals surface area contributed by atoms with E-state index in [4.69, 9.17) is 4.42 Å². The highest BCUT2D eigenvalue weighted by Crippen LogP contribution is 2.31. The van der Waals surface area contributed by atoms with Crippen LogP contribution in [0.5, 0.6) is 0 Å². The van der Waals surface area contributed by atoms with Crippen LogP contribution in [0.25, 0.3) is 10.8 Å². The lowest BCUT2D eigenvalue weighted by molar-refractivity contribution is -0.131. The SMILES string of the molecule is O=C(Cc1nnc(-c2cnc(NC3Cc4ccccc4C3)s2)o1)N1CCc2n[nH]nc2C1. The number of rotatable bonds is 5. The first kappa shape index (κ1) is 19.1. The molecule has 0 saturated carbocycles. The fourth-order valence-electron chi connectivity index (χ4n) is 4.26. The molecule has 10 nitrogen and oxygen atoms in total. The molecule has 2 aliphatic rings. The monoisotopic (exact) mass is 448 g/mol. The Hall–Kier alpha value is -3.60. The first-order chi connectivity index (χ1) is 15.7. The highest BCUT2D eigenvalue weighted by Gasteiger charge is 2.26. The summed E-state index contributed by atoms with van der Waals surface area (Å²) in [5, 5.41) is 23.3. The van der Waals surface area contributed by atoms with E-state index < -0.39 is 0 Å². The van der Waals surface area contributed by atoms with Crippen LogP contribution >= 0.6 is 11.3 Å². The Labute approximate surface area is 187 Å². The van der Waals surface area contributed by atoms with Crippen molar-refractivity contribution in [1.82, 2.24) is 35.5 Å². The van der Waals surface area contributed by atoms with Crippen LogP contribution in [0.3, 0.4) is 0 Å². The molecule has 0 fully saturated rings. The third-order valence-corrected chi connectivity index (χ3v) is 6.80. The molecule has 162 valence electrons. The summed E-state index contributed by atoms with van der Waals surface area (Å²) < 4.78 is 5.76. The van der Waals surface area contributed by atoms with Crippen molar-refractivity contribution in [2.75, 3.05) is 11.9 Å². The smallest absolute Gasteiger partial charge is 0.259 e. The van der Waals surface area contributed by atoms with E-state index >= 15 is 0 Å². The molecule has 0 unspecified atom stereocenters. The lowest BCUT2D eigenvalue weighted by Gasteiger charge is -2.24. The summed E-state index contributed by atoms with van der Waals surface area (Å²) in [6.07, 6.45) is 4.46. The Morgan fingerprint density at radius 3 is 2.84 bits per heavy atom. The molecule has 0 atom stereocenters. The highest BCUT2D eigenvalue weighted by atomic mass is 32.1. The molecule has 1 amide bonds. The Bertz CT molecular complexity index is 1250. The van der Waals surface area contributed by atoms with Crippen molar-refractivity contribution in [2.24, 2.45) is 0 Å². The van der Waals surface area contributed by atoms with E-state index in [1.165, 1.54) is 22.5 Å². The van der Waals surface area contributed by atoms with Crippen molar-refractivity contribution in [3.63, 3.8) is 0 Å². The maximum Gasteiger partial charge on any atom is 0.259 e. The van der Waals surface area contributed by atoms with Crippen LogP contribution < -0.4 is 5.32 Å². The Kier molecular flexibility index (Phi) is 4.67. The minimum atomic E-state index is -0.0682. The average molecular weight is 449 g/mol. The van der Waals surface area contributed by atoms with Crippen molar-refractivity contribution in [3.05, 3.63) is 58.9 Å². The van der Waals surface area contributed by atoms with Crippen molar-refractivity contribution < 1.29 is 9.21 Å². The predicted molar refractivity (Wildman–Crippen MR) is 116 cm³/mol. The number of nitrogens with one attached hydrogen (secondary N) is 2. The van der Waals surface area contributed by atoms with Gasteiger partial charge in [0.2, 0.25) is 11.8 Å². The number of fused-ring (bicyclic) bond motifs is 2. The van der Waals surface area contributed by atoms with E-state index in [1.807, 2.05) is 0 Å². The van der Waals surface area contributed by atoms with E-state index in [0.717, 1.165) is 34.2 Å². The van der Waals surface area contributed by atoms with Gasteiger partial charge in [-0.25, -0.2) is 4.98 Å². The van der Waals surface area contributed by atoms with Crippen LogP contribution in [0, 0.1) is 0 Å². The first-order valence-electron chi connectivity index (χ1n) is 10.5. The minimum Gasteiger partial charge on any atom is -0.419 e. The molecule has 0 spiro atoms. The number of anilines is 1. The van der Waals surface area contributed by atoms with Gasteiger partial charge in [0.25, 0.3) is 5.89 Å². The third-order valence-electron chi connectivity index (χ3n) is 5.88. The van der Waals surface area contributed by atoms with Gasteiger partial charge in [0.05, 0.1) is 18.4 Å². The van der Waals surface area contributed by atoms with Gasteiger partial charge >= 0.3 is 0 Å². The van der Waals surface area contributed by atoms with Crippen LogP contribution in [0.15, 0.2) is 34.9 Å². The largest absolute Gasteiger partial charge is 0.419 e. The number of carbonyl (C=O) groups excluding carboxylic acids is 1. The Morgan fingerprint density at radius 1 is 1.19 bits per heavy atom. The maximum absolute atomic E-state index is 12.7. The van der Waals surface area contributed by atoms with E-state index in [1.54, 1.807) is 11.1 Å². The summed E-state index contributed by atoms with van der Waals surface area (Å²) in [4.78, 5) is 19.6. The zero-order chi connectivity index (χ0) is 21.5. The second kappa shape index (κ2) is 7.83. The number of benzene rings is 1. The number of H-pyrrole nitrogens is 1. The highest BCUT2D eigenvalue weighted by molar-refractivity contribution is 7.18. The molecular weight excluding hydrogens is 428 g/mol. The molecule has 32 heavy (non-hydrogen) atoms. The quantitative estimate of drug-likeness (QED) is 0.475. The van der Waals surface area contributed by atoms with Gasteiger partial charge < -0.3 is 14.6 Å². The second-order valence-electron chi connectivity index (χ2n) is 8.01. The van der Waals surface area contributed by atoms with E-state index in [9.17, 15) is 4.79 Å². The van der Waals surface area contributed by atoms with Gasteiger partial charge in [-0.1, -0.05) is 35.6 Å². The van der Waals surface area contributed by atoms with Gasteiger partial charge in [0.1, 0.15) is 17.0 Å². The number of aromatic nitrogens is 6. The number of carbonyl (C=O) groups is 1. The van der Waals surface area contributed by atoms with Crippen LogP contribution in [0.2, 0.25) is 0 Å². The van der Waals surface area contributed by atoms with Gasteiger partial charge in [-0.3, -0.25) is 4.79 Å². The summed E-state index contributed by atoms with van der Waals surface area (Å²) in [6.45, 7) is 1.05. The summed E-state index contributed by atoms with van der Waals surface area (Å²) in [5.74, 6) is 0.608. The zero-order valence-corrected chi connectivity index (χ0v) is 17.9. The third kappa shape index (κ3) is 3.64. The predicted octanol–water partition coefficient (Wildman–Crippen LogP) is 2.02. The van der Waals surface area contributed by atoms with E-state index in [0.29, 0.717) is 37.3 Å². The second-order valence-corrected chi connectivity index (χ2v) is 9.04.